The molecule has 1 amide bonds. The molecule has 0 unspecified atom stereocenters. The van der Waals surface area contributed by atoms with Crippen LogP contribution in [0.2, 0.25) is 0 Å². The molecule has 4 nitrogen and oxygen atoms in total. The van der Waals surface area contributed by atoms with Gasteiger partial charge in [0.15, 0.2) is 10.9 Å². The Morgan fingerprint density at radius 3 is 2.70 bits per heavy atom. The lowest BCUT2D eigenvalue weighted by Gasteiger charge is -2.00. The second kappa shape index (κ2) is 5.30. The van der Waals surface area contributed by atoms with Crippen LogP contribution in [0.15, 0.2) is 52.3 Å². The summed E-state index contributed by atoms with van der Waals surface area (Å²) >= 11 is 1.37. The third-order valence-corrected chi connectivity index (χ3v) is 3.51. The number of amides is 1. The van der Waals surface area contributed by atoms with Crippen LogP contribution in [0.4, 0.5) is 5.13 Å². The molecule has 20 heavy (non-hydrogen) atoms. The fourth-order valence-corrected chi connectivity index (χ4v) is 2.47. The van der Waals surface area contributed by atoms with Crippen molar-refractivity contribution in [3.8, 4) is 11.5 Å². The number of benzene rings is 1. The number of nitrogens with one attached hydrogen (secondary N) is 1. The summed E-state index contributed by atoms with van der Waals surface area (Å²) in [5.41, 5.74) is 1.34. The number of aromatic nitrogens is 1. The van der Waals surface area contributed by atoms with Crippen molar-refractivity contribution in [2.45, 2.75) is 6.92 Å². The van der Waals surface area contributed by atoms with Gasteiger partial charge in [-0.15, -0.1) is 11.3 Å². The summed E-state index contributed by atoms with van der Waals surface area (Å²) in [5, 5.41) is 5.20. The molecule has 0 spiro atoms. The van der Waals surface area contributed by atoms with Crippen molar-refractivity contribution in [1.82, 2.24) is 4.98 Å². The maximum Gasteiger partial charge on any atom is 0.257 e. The molecule has 3 rings (SSSR count). The summed E-state index contributed by atoms with van der Waals surface area (Å²) < 4.78 is 5.50. The first-order valence-electron chi connectivity index (χ1n) is 6.11. The minimum Gasteiger partial charge on any atom is -0.460 e. The maximum atomic E-state index is 12.0. The summed E-state index contributed by atoms with van der Waals surface area (Å²) in [6.07, 6.45) is 0. The minimum atomic E-state index is -0.165. The van der Waals surface area contributed by atoms with Gasteiger partial charge in [0.1, 0.15) is 11.5 Å². The van der Waals surface area contributed by atoms with Crippen LogP contribution in [0.5, 0.6) is 0 Å². The van der Waals surface area contributed by atoms with Gasteiger partial charge in [-0.25, -0.2) is 4.98 Å². The fourth-order valence-electron chi connectivity index (χ4n) is 1.78. The van der Waals surface area contributed by atoms with Crippen LogP contribution in [0.3, 0.4) is 0 Å². The van der Waals surface area contributed by atoms with Crippen LogP contribution in [-0.4, -0.2) is 10.9 Å². The topological polar surface area (TPSA) is 55.1 Å². The van der Waals surface area contributed by atoms with E-state index >= 15 is 0 Å². The standard InChI is InChI=1S/C15H12N2O2S/c1-10-7-8-13(19-10)12-9-20-15(16-12)17-14(18)11-5-3-2-4-6-11/h2-9H,1H3,(H,16,17,18). The Balaban J connectivity index is 1.76. The van der Waals surface area contributed by atoms with Gasteiger partial charge in [-0.3, -0.25) is 10.1 Å². The molecule has 0 bridgehead atoms. The smallest absolute Gasteiger partial charge is 0.257 e. The van der Waals surface area contributed by atoms with Crippen LogP contribution in [0.25, 0.3) is 11.5 Å². The Bertz CT molecular complexity index is 731. The highest BCUT2D eigenvalue weighted by Gasteiger charge is 2.11. The van der Waals surface area contributed by atoms with Gasteiger partial charge in [0, 0.05) is 10.9 Å². The molecule has 0 saturated carbocycles. The number of thiazole rings is 1. The number of aryl methyl sites for hydroxylation is 1. The Morgan fingerprint density at radius 2 is 2.00 bits per heavy atom. The van der Waals surface area contributed by atoms with Crippen LogP contribution >= 0.6 is 11.3 Å². The molecule has 0 aliphatic heterocycles. The van der Waals surface area contributed by atoms with Crippen LogP contribution < -0.4 is 5.32 Å². The highest BCUT2D eigenvalue weighted by Crippen LogP contribution is 2.26. The molecule has 100 valence electrons. The van der Waals surface area contributed by atoms with Crippen LogP contribution in [0.1, 0.15) is 16.1 Å². The minimum absolute atomic E-state index is 0.165. The largest absolute Gasteiger partial charge is 0.460 e. The van der Waals surface area contributed by atoms with E-state index in [9.17, 15) is 4.79 Å². The summed E-state index contributed by atoms with van der Waals surface area (Å²) in [5.74, 6) is 1.38. The molecular weight excluding hydrogens is 272 g/mol. The zero-order chi connectivity index (χ0) is 13.9. The molecule has 2 heterocycles. The summed E-state index contributed by atoms with van der Waals surface area (Å²) in [6, 6.07) is 12.8. The van der Waals surface area contributed by atoms with Crippen molar-refractivity contribution in [3.63, 3.8) is 0 Å². The number of carbonyl (C=O) groups excluding carboxylic acids is 1. The quantitative estimate of drug-likeness (QED) is 0.792. The van der Waals surface area contributed by atoms with Crippen molar-refractivity contribution in [2.24, 2.45) is 0 Å². The van der Waals surface area contributed by atoms with E-state index in [2.05, 4.69) is 10.3 Å². The van der Waals surface area contributed by atoms with Gasteiger partial charge in [0.25, 0.3) is 5.91 Å². The molecule has 0 atom stereocenters. The summed E-state index contributed by atoms with van der Waals surface area (Å²) in [6.45, 7) is 1.88. The molecule has 0 aliphatic carbocycles. The first kappa shape index (κ1) is 12.6. The monoisotopic (exact) mass is 284 g/mol. The number of carbonyl (C=O) groups is 1. The molecule has 0 saturated heterocycles. The molecular formula is C15H12N2O2S. The second-order valence-corrected chi connectivity index (χ2v) is 5.13. The predicted octanol–water partition coefficient (Wildman–Crippen LogP) is 3.96. The molecule has 3 aromatic rings. The van der Waals surface area contributed by atoms with E-state index in [-0.39, 0.29) is 5.91 Å². The Hall–Kier alpha value is -2.40. The molecule has 1 aromatic carbocycles. The van der Waals surface area contributed by atoms with Gasteiger partial charge in [-0.2, -0.15) is 0 Å². The van der Waals surface area contributed by atoms with E-state index in [0.29, 0.717) is 16.5 Å². The third-order valence-electron chi connectivity index (χ3n) is 2.75. The van der Waals surface area contributed by atoms with Crippen molar-refractivity contribution in [2.75, 3.05) is 5.32 Å². The molecule has 0 fully saturated rings. The first-order chi connectivity index (χ1) is 9.72. The molecule has 0 radical (unpaired) electrons. The van der Waals surface area contributed by atoms with E-state index < -0.39 is 0 Å². The first-order valence-corrected chi connectivity index (χ1v) is 6.99. The van der Waals surface area contributed by atoms with E-state index in [0.717, 1.165) is 11.5 Å². The lowest BCUT2D eigenvalue weighted by atomic mass is 10.2. The number of anilines is 1. The lowest BCUT2D eigenvalue weighted by molar-refractivity contribution is 0.102. The van der Waals surface area contributed by atoms with Gasteiger partial charge >= 0.3 is 0 Å². The van der Waals surface area contributed by atoms with Gasteiger partial charge in [-0.1, -0.05) is 18.2 Å². The van der Waals surface area contributed by atoms with Gasteiger partial charge < -0.3 is 4.42 Å². The zero-order valence-corrected chi connectivity index (χ0v) is 11.6. The van der Waals surface area contributed by atoms with E-state index in [1.165, 1.54) is 11.3 Å². The second-order valence-electron chi connectivity index (χ2n) is 4.27. The zero-order valence-electron chi connectivity index (χ0n) is 10.8. The molecule has 1 N–H and O–H groups in total. The number of hydrogen-bond donors (Lipinski definition) is 1. The van der Waals surface area contributed by atoms with Crippen LogP contribution in [-0.2, 0) is 0 Å². The lowest BCUT2D eigenvalue weighted by Crippen LogP contribution is -2.11. The number of nitrogens with zero attached hydrogens (tertiary/aromatic N) is 1. The Kier molecular flexibility index (Phi) is 3.35. The molecule has 0 aliphatic rings. The molecule has 5 heteroatoms. The average molecular weight is 284 g/mol. The van der Waals surface area contributed by atoms with Crippen molar-refractivity contribution in [1.29, 1.82) is 0 Å². The molecule has 2 aromatic heterocycles. The van der Waals surface area contributed by atoms with Gasteiger partial charge in [0.2, 0.25) is 0 Å². The average Bonchev–Trinajstić information content (AvgIpc) is 3.09. The van der Waals surface area contributed by atoms with Gasteiger partial charge in [0.05, 0.1) is 0 Å². The highest BCUT2D eigenvalue weighted by molar-refractivity contribution is 7.14. The Labute approximate surface area is 120 Å². The van der Waals surface area contributed by atoms with Crippen LogP contribution in [0, 0.1) is 6.92 Å². The normalized spacial score (nSPS) is 10.4. The number of hydrogen-bond acceptors (Lipinski definition) is 4. The SMILES string of the molecule is Cc1ccc(-c2csc(NC(=O)c3ccccc3)n2)o1. The van der Waals surface area contributed by atoms with E-state index in [1.54, 1.807) is 12.1 Å². The van der Waals surface area contributed by atoms with Crippen molar-refractivity contribution >= 4 is 22.4 Å². The summed E-state index contributed by atoms with van der Waals surface area (Å²) in [7, 11) is 0. The highest BCUT2D eigenvalue weighted by atomic mass is 32.1. The maximum absolute atomic E-state index is 12.0. The number of rotatable bonds is 3. The third kappa shape index (κ3) is 2.62. The Morgan fingerprint density at radius 1 is 1.20 bits per heavy atom. The fraction of sp³-hybridized carbons (Fsp3) is 0.0667. The van der Waals surface area contributed by atoms with E-state index in [4.69, 9.17) is 4.42 Å². The predicted molar refractivity (Wildman–Crippen MR) is 78.9 cm³/mol. The van der Waals surface area contributed by atoms with Crippen molar-refractivity contribution < 1.29 is 9.21 Å². The van der Waals surface area contributed by atoms with Gasteiger partial charge in [-0.05, 0) is 31.2 Å². The summed E-state index contributed by atoms with van der Waals surface area (Å²) in [4.78, 5) is 16.3. The van der Waals surface area contributed by atoms with Crippen molar-refractivity contribution in [3.05, 3.63) is 59.2 Å². The number of furan rings is 1. The van der Waals surface area contributed by atoms with E-state index in [1.807, 2.05) is 42.6 Å².